The van der Waals surface area contributed by atoms with Crippen molar-refractivity contribution in [3.63, 3.8) is 0 Å². The van der Waals surface area contributed by atoms with Gasteiger partial charge in [-0.25, -0.2) is 0 Å². The van der Waals surface area contributed by atoms with Gasteiger partial charge < -0.3 is 15.0 Å². The Morgan fingerprint density at radius 2 is 1.79 bits per heavy atom. The highest BCUT2D eigenvalue weighted by Gasteiger charge is 2.57. The molecule has 0 radical (unpaired) electrons. The van der Waals surface area contributed by atoms with Crippen LogP contribution in [0.3, 0.4) is 0 Å². The lowest BCUT2D eigenvalue weighted by Gasteiger charge is -2.42. The Bertz CT molecular complexity index is 544. The minimum absolute atomic E-state index is 0.0891. The number of piperidine rings is 2. The molecule has 3 rings (SSSR count). The first kappa shape index (κ1) is 17.5. The molecule has 3 saturated heterocycles. The van der Waals surface area contributed by atoms with Crippen LogP contribution in [-0.2, 0) is 14.3 Å². The standard InChI is InChI=1S/C16H23F3N2O3/c1-15(2,3)14(23)24-13-10-5-8-4-9(20-10)12(13)21(7-8)11(22)6-16(17,18)19/h8-10,12-13,20H,4-7H2,1-3H3/t8?,9?,10?,12?,13-/m0/s1. The van der Waals surface area contributed by atoms with Crippen molar-refractivity contribution in [2.45, 2.75) is 70.4 Å². The van der Waals surface area contributed by atoms with E-state index in [9.17, 15) is 22.8 Å². The molecule has 3 fully saturated rings. The van der Waals surface area contributed by atoms with Crippen molar-refractivity contribution in [2.24, 2.45) is 11.3 Å². The van der Waals surface area contributed by atoms with Crippen molar-refractivity contribution < 1.29 is 27.5 Å². The van der Waals surface area contributed by atoms with Crippen LogP contribution in [0.2, 0.25) is 0 Å². The third-order valence-corrected chi connectivity index (χ3v) is 5.09. The van der Waals surface area contributed by atoms with E-state index in [1.807, 2.05) is 0 Å². The average Bonchev–Trinajstić information content (AvgIpc) is 2.57. The van der Waals surface area contributed by atoms with Crippen LogP contribution >= 0.6 is 0 Å². The first-order valence-electron chi connectivity index (χ1n) is 8.29. The van der Waals surface area contributed by atoms with Crippen molar-refractivity contribution in [3.05, 3.63) is 0 Å². The number of nitrogens with one attached hydrogen (secondary N) is 1. The number of halogens is 3. The van der Waals surface area contributed by atoms with E-state index in [4.69, 9.17) is 4.74 Å². The number of ether oxygens (including phenoxy) is 1. The molecule has 24 heavy (non-hydrogen) atoms. The Balaban J connectivity index is 1.81. The van der Waals surface area contributed by atoms with Crippen LogP contribution in [0.5, 0.6) is 0 Å². The number of carbonyl (C=O) groups excluding carboxylic acids is 2. The molecule has 4 unspecified atom stereocenters. The Morgan fingerprint density at radius 1 is 1.17 bits per heavy atom. The van der Waals surface area contributed by atoms with Gasteiger partial charge in [0.2, 0.25) is 5.91 Å². The molecule has 0 aromatic rings. The summed E-state index contributed by atoms with van der Waals surface area (Å²) < 4.78 is 43.5. The van der Waals surface area contributed by atoms with Crippen LogP contribution in [-0.4, -0.2) is 53.7 Å². The molecule has 0 aliphatic carbocycles. The minimum Gasteiger partial charge on any atom is -0.458 e. The molecular formula is C16H23F3N2O3. The van der Waals surface area contributed by atoms with Gasteiger partial charge in [0.05, 0.1) is 11.5 Å². The van der Waals surface area contributed by atoms with E-state index < -0.39 is 42.0 Å². The van der Waals surface area contributed by atoms with Crippen molar-refractivity contribution in [1.82, 2.24) is 10.2 Å². The molecule has 136 valence electrons. The molecule has 0 spiro atoms. The van der Waals surface area contributed by atoms with Crippen molar-refractivity contribution in [2.75, 3.05) is 6.54 Å². The second kappa shape index (κ2) is 5.61. The first-order chi connectivity index (χ1) is 11.0. The quantitative estimate of drug-likeness (QED) is 0.774. The highest BCUT2D eigenvalue weighted by Crippen LogP contribution is 2.42. The Hall–Kier alpha value is -1.31. The van der Waals surface area contributed by atoms with E-state index in [1.165, 1.54) is 4.90 Å². The number of fused-ring (bicyclic) bond motifs is 2. The van der Waals surface area contributed by atoms with Crippen LogP contribution in [0.1, 0.15) is 40.0 Å². The van der Waals surface area contributed by atoms with Crippen LogP contribution < -0.4 is 5.32 Å². The third kappa shape index (κ3) is 3.25. The van der Waals surface area contributed by atoms with Gasteiger partial charge in [-0.1, -0.05) is 0 Å². The normalized spacial score (nSPS) is 35.2. The van der Waals surface area contributed by atoms with Gasteiger partial charge >= 0.3 is 12.1 Å². The molecule has 0 saturated carbocycles. The SMILES string of the molecule is CC(C)(C)C(=O)O[C@H]1C2CC3CC(N2)C1N(C(=O)CC(F)(F)F)C3. The number of likely N-dealkylation sites (tertiary alicyclic amines) is 1. The number of amides is 1. The van der Waals surface area contributed by atoms with Gasteiger partial charge in [0, 0.05) is 18.6 Å². The monoisotopic (exact) mass is 348 g/mol. The summed E-state index contributed by atoms with van der Waals surface area (Å²) in [7, 11) is 0. The first-order valence-corrected chi connectivity index (χ1v) is 8.29. The molecule has 8 heteroatoms. The van der Waals surface area contributed by atoms with E-state index in [1.54, 1.807) is 20.8 Å². The zero-order valence-corrected chi connectivity index (χ0v) is 14.0. The predicted octanol–water partition coefficient (Wildman–Crippen LogP) is 1.86. The summed E-state index contributed by atoms with van der Waals surface area (Å²) in [5, 5.41) is 3.32. The lowest BCUT2D eigenvalue weighted by molar-refractivity contribution is -0.171. The molecule has 0 aromatic heterocycles. The van der Waals surface area contributed by atoms with Gasteiger partial charge in [0.15, 0.2) is 0 Å². The second-order valence-electron chi connectivity index (χ2n) is 8.17. The maximum atomic E-state index is 12.6. The molecule has 5 atom stereocenters. The van der Waals surface area contributed by atoms with Crippen LogP contribution in [0.4, 0.5) is 13.2 Å². The fourth-order valence-electron chi connectivity index (χ4n) is 4.10. The molecule has 3 aliphatic rings. The summed E-state index contributed by atoms with van der Waals surface area (Å²) in [5.41, 5.74) is -0.699. The highest BCUT2D eigenvalue weighted by atomic mass is 19.4. The molecular weight excluding hydrogens is 325 g/mol. The third-order valence-electron chi connectivity index (χ3n) is 5.09. The zero-order chi connectivity index (χ0) is 17.9. The molecule has 3 bridgehead atoms. The molecule has 3 aliphatic heterocycles. The van der Waals surface area contributed by atoms with E-state index in [0.29, 0.717) is 13.0 Å². The number of esters is 1. The molecule has 5 nitrogen and oxygen atoms in total. The summed E-state index contributed by atoms with van der Waals surface area (Å²) in [6, 6.07) is -0.693. The van der Waals surface area contributed by atoms with E-state index in [-0.39, 0.29) is 18.0 Å². The minimum atomic E-state index is -4.53. The molecule has 3 heterocycles. The fraction of sp³-hybridized carbons (Fsp3) is 0.875. The smallest absolute Gasteiger partial charge is 0.397 e. The highest BCUT2D eigenvalue weighted by molar-refractivity contribution is 5.78. The van der Waals surface area contributed by atoms with Crippen molar-refractivity contribution in [1.29, 1.82) is 0 Å². The largest absolute Gasteiger partial charge is 0.458 e. The molecule has 1 N–H and O–H groups in total. The lowest BCUT2D eigenvalue weighted by atomic mass is 9.88. The van der Waals surface area contributed by atoms with Gasteiger partial charge in [0.25, 0.3) is 0 Å². The number of hydrogen-bond acceptors (Lipinski definition) is 4. The Morgan fingerprint density at radius 3 is 2.38 bits per heavy atom. The number of alkyl halides is 3. The number of nitrogens with zero attached hydrogens (tertiary/aromatic N) is 1. The number of carbonyl (C=O) groups is 2. The van der Waals surface area contributed by atoms with Crippen molar-refractivity contribution >= 4 is 11.9 Å². The fourth-order valence-corrected chi connectivity index (χ4v) is 4.10. The maximum absolute atomic E-state index is 12.6. The van der Waals surface area contributed by atoms with Crippen LogP contribution in [0, 0.1) is 11.3 Å². The summed E-state index contributed by atoms with van der Waals surface area (Å²) >= 11 is 0. The second-order valence-corrected chi connectivity index (χ2v) is 8.17. The van der Waals surface area contributed by atoms with Gasteiger partial charge in [-0.2, -0.15) is 13.2 Å². The molecule has 0 aromatic carbocycles. The van der Waals surface area contributed by atoms with Gasteiger partial charge in [-0.05, 0) is 39.5 Å². The van der Waals surface area contributed by atoms with Gasteiger partial charge in [-0.15, -0.1) is 0 Å². The summed E-state index contributed by atoms with van der Waals surface area (Å²) in [6.07, 6.45) is -5.05. The van der Waals surface area contributed by atoms with Crippen LogP contribution in [0.25, 0.3) is 0 Å². The molecule has 1 amide bonds. The van der Waals surface area contributed by atoms with Crippen molar-refractivity contribution in [3.8, 4) is 0 Å². The number of rotatable bonds is 2. The van der Waals surface area contributed by atoms with Gasteiger partial charge in [0.1, 0.15) is 12.5 Å². The Labute approximate surface area is 138 Å². The summed E-state index contributed by atoms with van der Waals surface area (Å²) in [6.45, 7) is 5.51. The summed E-state index contributed by atoms with van der Waals surface area (Å²) in [4.78, 5) is 25.7. The van der Waals surface area contributed by atoms with E-state index >= 15 is 0 Å². The topological polar surface area (TPSA) is 58.6 Å². The maximum Gasteiger partial charge on any atom is 0.397 e. The predicted molar refractivity (Wildman–Crippen MR) is 78.9 cm³/mol. The summed E-state index contributed by atoms with van der Waals surface area (Å²) in [5.74, 6) is -1.16. The van der Waals surface area contributed by atoms with Crippen LogP contribution in [0.15, 0.2) is 0 Å². The number of hydrogen-bond donors (Lipinski definition) is 1. The van der Waals surface area contributed by atoms with Gasteiger partial charge in [-0.3, -0.25) is 9.59 Å². The lowest BCUT2D eigenvalue weighted by Crippen LogP contribution is -2.58. The van der Waals surface area contributed by atoms with E-state index in [0.717, 1.165) is 6.42 Å². The average molecular weight is 348 g/mol. The van der Waals surface area contributed by atoms with E-state index in [2.05, 4.69) is 5.32 Å². The Kier molecular flexibility index (Phi) is 4.09. The zero-order valence-electron chi connectivity index (χ0n) is 14.0.